The molecule has 18 heavy (non-hydrogen) atoms. The second kappa shape index (κ2) is 6.91. The number of benzene rings is 1. The zero-order chi connectivity index (χ0) is 13.4. The number of nitrogens with zero attached hydrogens (tertiary/aromatic N) is 1. The molecule has 0 spiro atoms. The van der Waals surface area contributed by atoms with Gasteiger partial charge in [0.2, 0.25) is 0 Å². The van der Waals surface area contributed by atoms with Crippen molar-refractivity contribution in [3.63, 3.8) is 0 Å². The van der Waals surface area contributed by atoms with Gasteiger partial charge in [0, 0.05) is 5.69 Å². The standard InChI is InChI=1S/C12H13N3O3/c13-4-5-15-11(16)8-18-12(17)7-9-2-1-3-10(14)6-9/h1-3,6H,5,7-8,14H2,(H,15,16). The first-order valence-corrected chi connectivity index (χ1v) is 5.25. The zero-order valence-electron chi connectivity index (χ0n) is 9.68. The monoisotopic (exact) mass is 247 g/mol. The van der Waals surface area contributed by atoms with Crippen molar-refractivity contribution < 1.29 is 14.3 Å². The number of ether oxygens (including phenoxy) is 1. The molecule has 94 valence electrons. The topological polar surface area (TPSA) is 105 Å². The van der Waals surface area contributed by atoms with Gasteiger partial charge in [-0.1, -0.05) is 12.1 Å². The summed E-state index contributed by atoms with van der Waals surface area (Å²) >= 11 is 0. The van der Waals surface area contributed by atoms with E-state index < -0.39 is 11.9 Å². The summed E-state index contributed by atoms with van der Waals surface area (Å²) in [6.07, 6.45) is 0.0522. The van der Waals surface area contributed by atoms with Crippen molar-refractivity contribution >= 4 is 17.6 Å². The summed E-state index contributed by atoms with van der Waals surface area (Å²) < 4.78 is 4.74. The lowest BCUT2D eigenvalue weighted by atomic mass is 10.1. The lowest BCUT2D eigenvalue weighted by Gasteiger charge is -2.05. The SMILES string of the molecule is N#CCNC(=O)COC(=O)Cc1cccc(N)c1. The summed E-state index contributed by atoms with van der Waals surface area (Å²) in [5.41, 5.74) is 6.85. The Hall–Kier alpha value is -2.55. The van der Waals surface area contributed by atoms with Gasteiger partial charge in [-0.15, -0.1) is 0 Å². The van der Waals surface area contributed by atoms with Crippen LogP contribution < -0.4 is 11.1 Å². The van der Waals surface area contributed by atoms with Gasteiger partial charge >= 0.3 is 5.97 Å². The summed E-state index contributed by atoms with van der Waals surface area (Å²) in [6.45, 7) is -0.492. The van der Waals surface area contributed by atoms with E-state index in [9.17, 15) is 9.59 Å². The molecule has 6 nitrogen and oxygen atoms in total. The number of hydrogen-bond donors (Lipinski definition) is 2. The van der Waals surface area contributed by atoms with Gasteiger partial charge < -0.3 is 15.8 Å². The van der Waals surface area contributed by atoms with E-state index in [-0.39, 0.29) is 19.6 Å². The second-order valence-electron chi connectivity index (χ2n) is 3.52. The number of esters is 1. The third-order valence-corrected chi connectivity index (χ3v) is 2.03. The lowest BCUT2D eigenvalue weighted by Crippen LogP contribution is -2.29. The molecule has 0 aromatic heterocycles. The van der Waals surface area contributed by atoms with E-state index in [1.807, 2.05) is 0 Å². The lowest BCUT2D eigenvalue weighted by molar-refractivity contribution is -0.147. The first-order valence-electron chi connectivity index (χ1n) is 5.25. The van der Waals surface area contributed by atoms with Crippen LogP contribution >= 0.6 is 0 Å². The number of nitrogens with one attached hydrogen (secondary N) is 1. The number of carbonyl (C=O) groups excluding carboxylic acids is 2. The largest absolute Gasteiger partial charge is 0.455 e. The van der Waals surface area contributed by atoms with Crippen LogP contribution in [-0.2, 0) is 20.7 Å². The quantitative estimate of drug-likeness (QED) is 0.432. The highest BCUT2D eigenvalue weighted by atomic mass is 16.5. The number of hydrogen-bond acceptors (Lipinski definition) is 5. The number of nitrogens with two attached hydrogens (primary N) is 1. The van der Waals surface area contributed by atoms with E-state index in [1.54, 1.807) is 30.3 Å². The first-order chi connectivity index (χ1) is 8.61. The van der Waals surface area contributed by atoms with Crippen molar-refractivity contribution in [3.8, 4) is 6.07 Å². The van der Waals surface area contributed by atoms with Gasteiger partial charge in [-0.25, -0.2) is 0 Å². The molecule has 0 radical (unpaired) electrons. The molecule has 0 bridgehead atoms. The number of anilines is 1. The average molecular weight is 247 g/mol. The molecule has 0 fully saturated rings. The molecule has 3 N–H and O–H groups in total. The normalized spacial score (nSPS) is 9.28. The van der Waals surface area contributed by atoms with Gasteiger partial charge in [0.1, 0.15) is 6.54 Å². The number of nitriles is 1. The Kier molecular flexibility index (Phi) is 5.19. The highest BCUT2D eigenvalue weighted by Crippen LogP contribution is 2.07. The minimum absolute atomic E-state index is 0.0522. The maximum Gasteiger partial charge on any atom is 0.310 e. The average Bonchev–Trinajstić information content (AvgIpc) is 2.34. The van der Waals surface area contributed by atoms with E-state index in [4.69, 9.17) is 15.7 Å². The molecular formula is C12H13N3O3. The molecule has 1 amide bonds. The molecule has 0 aliphatic rings. The third kappa shape index (κ3) is 4.99. The Morgan fingerprint density at radius 3 is 2.89 bits per heavy atom. The fraction of sp³-hybridized carbons (Fsp3) is 0.250. The van der Waals surface area contributed by atoms with Gasteiger partial charge in [0.25, 0.3) is 5.91 Å². The molecule has 0 saturated heterocycles. The van der Waals surface area contributed by atoms with E-state index in [2.05, 4.69) is 5.32 Å². The van der Waals surface area contributed by atoms with Gasteiger partial charge in [-0.2, -0.15) is 5.26 Å². The van der Waals surface area contributed by atoms with Crippen LogP contribution in [0.2, 0.25) is 0 Å². The van der Waals surface area contributed by atoms with Gasteiger partial charge in [0.15, 0.2) is 6.61 Å². The molecule has 0 unspecified atom stereocenters. The Labute approximate surface area is 104 Å². The summed E-state index contributed by atoms with van der Waals surface area (Å²) in [4.78, 5) is 22.4. The van der Waals surface area contributed by atoms with Crippen LogP contribution in [0.15, 0.2) is 24.3 Å². The number of amides is 1. The predicted octanol–water partition coefficient (Wildman–Crippen LogP) is -0.00572. The maximum absolute atomic E-state index is 11.4. The molecule has 1 aromatic rings. The summed E-state index contributed by atoms with van der Waals surface area (Å²) in [5, 5.41) is 10.5. The summed E-state index contributed by atoms with van der Waals surface area (Å²) in [6, 6.07) is 8.60. The zero-order valence-corrected chi connectivity index (χ0v) is 9.68. The van der Waals surface area contributed by atoms with Gasteiger partial charge in [-0.05, 0) is 17.7 Å². The highest BCUT2D eigenvalue weighted by Gasteiger charge is 2.08. The Morgan fingerprint density at radius 2 is 2.22 bits per heavy atom. The van der Waals surface area contributed by atoms with Crippen LogP contribution in [-0.4, -0.2) is 25.0 Å². The number of carbonyl (C=O) groups is 2. The summed E-state index contributed by atoms with van der Waals surface area (Å²) in [7, 11) is 0. The molecule has 0 atom stereocenters. The fourth-order valence-corrected chi connectivity index (χ4v) is 1.26. The molecule has 1 aromatic carbocycles. The maximum atomic E-state index is 11.4. The molecule has 0 aliphatic heterocycles. The van der Waals surface area contributed by atoms with Crippen LogP contribution in [0.5, 0.6) is 0 Å². The molecule has 0 aliphatic carbocycles. The van der Waals surface area contributed by atoms with Crippen LogP contribution in [0.1, 0.15) is 5.56 Å². The molecule has 1 rings (SSSR count). The van der Waals surface area contributed by atoms with E-state index in [0.29, 0.717) is 5.69 Å². The van der Waals surface area contributed by atoms with Crippen molar-refractivity contribution in [1.82, 2.24) is 5.32 Å². The molecular weight excluding hydrogens is 234 g/mol. The van der Waals surface area contributed by atoms with Crippen molar-refractivity contribution in [2.45, 2.75) is 6.42 Å². The van der Waals surface area contributed by atoms with Crippen LogP contribution in [0, 0.1) is 11.3 Å². The molecule has 6 heteroatoms. The smallest absolute Gasteiger partial charge is 0.310 e. The van der Waals surface area contributed by atoms with Crippen molar-refractivity contribution in [2.24, 2.45) is 0 Å². The highest BCUT2D eigenvalue weighted by molar-refractivity contribution is 5.81. The fourth-order valence-electron chi connectivity index (χ4n) is 1.26. The van der Waals surface area contributed by atoms with Crippen molar-refractivity contribution in [2.75, 3.05) is 18.9 Å². The molecule has 0 saturated carbocycles. The Balaban J connectivity index is 2.34. The van der Waals surface area contributed by atoms with E-state index in [1.165, 1.54) is 0 Å². The Bertz CT molecular complexity index is 480. The minimum atomic E-state index is -0.521. The third-order valence-electron chi connectivity index (χ3n) is 2.03. The summed E-state index contributed by atoms with van der Waals surface area (Å²) in [5.74, 6) is -1.02. The molecule has 0 heterocycles. The van der Waals surface area contributed by atoms with Crippen molar-refractivity contribution in [3.05, 3.63) is 29.8 Å². The van der Waals surface area contributed by atoms with Gasteiger partial charge in [0.05, 0.1) is 12.5 Å². The van der Waals surface area contributed by atoms with E-state index >= 15 is 0 Å². The Morgan fingerprint density at radius 1 is 1.44 bits per heavy atom. The minimum Gasteiger partial charge on any atom is -0.455 e. The number of rotatable bonds is 5. The first kappa shape index (κ1) is 13.5. The predicted molar refractivity (Wildman–Crippen MR) is 64.1 cm³/mol. The van der Waals surface area contributed by atoms with Crippen LogP contribution in [0.3, 0.4) is 0 Å². The van der Waals surface area contributed by atoms with E-state index in [0.717, 1.165) is 5.56 Å². The number of nitrogen functional groups attached to an aromatic ring is 1. The van der Waals surface area contributed by atoms with Crippen LogP contribution in [0.4, 0.5) is 5.69 Å². The van der Waals surface area contributed by atoms with Crippen molar-refractivity contribution in [1.29, 1.82) is 5.26 Å². The second-order valence-corrected chi connectivity index (χ2v) is 3.52. The van der Waals surface area contributed by atoms with Crippen LogP contribution in [0.25, 0.3) is 0 Å². The van der Waals surface area contributed by atoms with Gasteiger partial charge in [-0.3, -0.25) is 9.59 Å².